The number of aromatic nitrogens is 3. The second-order valence-corrected chi connectivity index (χ2v) is 7.62. The fourth-order valence-corrected chi connectivity index (χ4v) is 3.17. The Kier molecular flexibility index (Phi) is 5.19. The van der Waals surface area contributed by atoms with Gasteiger partial charge in [-0.25, -0.2) is 4.98 Å². The van der Waals surface area contributed by atoms with Crippen LogP contribution in [0.5, 0.6) is 0 Å². The van der Waals surface area contributed by atoms with Gasteiger partial charge >= 0.3 is 0 Å². The molecule has 0 fully saturated rings. The lowest BCUT2D eigenvalue weighted by Crippen LogP contribution is -2.11. The number of nitrogens with zero attached hydrogens (tertiary/aromatic N) is 2. The molecule has 0 bridgehead atoms. The van der Waals surface area contributed by atoms with Gasteiger partial charge in [0.2, 0.25) is 0 Å². The molecule has 0 aliphatic rings. The molecule has 2 aromatic carbocycles. The van der Waals surface area contributed by atoms with Gasteiger partial charge in [-0.05, 0) is 55.5 Å². The van der Waals surface area contributed by atoms with Crippen molar-refractivity contribution in [2.45, 2.75) is 30.9 Å². The van der Waals surface area contributed by atoms with E-state index in [2.05, 4.69) is 34.3 Å². The highest BCUT2D eigenvalue weighted by molar-refractivity contribution is 7.99. The average Bonchev–Trinajstić information content (AvgIpc) is 3.02. The molecule has 0 unspecified atom stereocenters. The quantitative estimate of drug-likeness (QED) is 0.662. The van der Waals surface area contributed by atoms with Crippen molar-refractivity contribution in [3.8, 4) is 11.4 Å². The van der Waals surface area contributed by atoms with E-state index < -0.39 is 0 Å². The van der Waals surface area contributed by atoms with Crippen molar-refractivity contribution in [2.24, 2.45) is 0 Å². The Morgan fingerprint density at radius 3 is 2.32 bits per heavy atom. The van der Waals surface area contributed by atoms with Crippen molar-refractivity contribution in [3.63, 3.8) is 0 Å². The van der Waals surface area contributed by atoms with Crippen LogP contribution < -0.4 is 5.32 Å². The standard InChI is InChI=1S/C19H20N4OS/c1-12(2)25-17-10-6-15(7-11-17)19(24)21-16-8-4-14(5-9-16)18-20-13(3)22-23-18/h4-12H,1-3H3,(H,21,24)(H,20,22,23). The number of hydrogen-bond donors (Lipinski definition) is 2. The summed E-state index contributed by atoms with van der Waals surface area (Å²) >= 11 is 1.78. The third-order valence-electron chi connectivity index (χ3n) is 3.49. The van der Waals surface area contributed by atoms with Crippen LogP contribution in [0.3, 0.4) is 0 Å². The summed E-state index contributed by atoms with van der Waals surface area (Å²) in [5.74, 6) is 1.29. The summed E-state index contributed by atoms with van der Waals surface area (Å²) in [4.78, 5) is 17.8. The van der Waals surface area contributed by atoms with Crippen LogP contribution in [0, 0.1) is 6.92 Å². The van der Waals surface area contributed by atoms with Gasteiger partial charge in [-0.1, -0.05) is 13.8 Å². The number of carbonyl (C=O) groups excluding carboxylic acids is 1. The van der Waals surface area contributed by atoms with Crippen LogP contribution in [0.1, 0.15) is 30.0 Å². The number of nitrogens with one attached hydrogen (secondary N) is 2. The molecule has 0 saturated heterocycles. The fourth-order valence-electron chi connectivity index (χ4n) is 2.33. The van der Waals surface area contributed by atoms with Gasteiger partial charge in [0.05, 0.1) is 0 Å². The summed E-state index contributed by atoms with van der Waals surface area (Å²) in [6, 6.07) is 15.1. The van der Waals surface area contributed by atoms with Gasteiger partial charge in [-0.2, -0.15) is 5.10 Å². The van der Waals surface area contributed by atoms with Gasteiger partial charge in [0.15, 0.2) is 5.82 Å². The highest BCUT2D eigenvalue weighted by Crippen LogP contribution is 2.23. The minimum atomic E-state index is -0.123. The van der Waals surface area contributed by atoms with Crippen molar-refractivity contribution in [2.75, 3.05) is 5.32 Å². The van der Waals surface area contributed by atoms with E-state index in [-0.39, 0.29) is 5.91 Å². The molecule has 1 heterocycles. The molecule has 25 heavy (non-hydrogen) atoms. The molecule has 128 valence electrons. The van der Waals surface area contributed by atoms with E-state index in [9.17, 15) is 4.79 Å². The van der Waals surface area contributed by atoms with Crippen LogP contribution in [0.2, 0.25) is 0 Å². The molecule has 2 N–H and O–H groups in total. The normalized spacial score (nSPS) is 10.9. The molecule has 0 atom stereocenters. The Morgan fingerprint density at radius 1 is 1.08 bits per heavy atom. The third kappa shape index (κ3) is 4.48. The zero-order valence-corrected chi connectivity index (χ0v) is 15.2. The molecule has 0 aliphatic heterocycles. The maximum absolute atomic E-state index is 12.4. The number of H-pyrrole nitrogens is 1. The summed E-state index contributed by atoms with van der Waals surface area (Å²) in [5, 5.41) is 10.4. The van der Waals surface area contributed by atoms with Crippen LogP contribution in [-0.4, -0.2) is 26.3 Å². The fraction of sp³-hybridized carbons (Fsp3) is 0.211. The molecule has 3 rings (SSSR count). The topological polar surface area (TPSA) is 70.7 Å². The Bertz CT molecular complexity index is 854. The highest BCUT2D eigenvalue weighted by Gasteiger charge is 2.08. The van der Waals surface area contributed by atoms with Gasteiger partial charge in [0, 0.05) is 27.0 Å². The first-order valence-corrected chi connectivity index (χ1v) is 8.97. The average molecular weight is 352 g/mol. The first-order valence-electron chi connectivity index (χ1n) is 8.09. The number of rotatable bonds is 5. The number of hydrogen-bond acceptors (Lipinski definition) is 4. The predicted octanol–water partition coefficient (Wildman–Crippen LogP) is 4.53. The lowest BCUT2D eigenvalue weighted by atomic mass is 10.1. The highest BCUT2D eigenvalue weighted by atomic mass is 32.2. The minimum Gasteiger partial charge on any atom is -0.322 e. The molecule has 6 heteroatoms. The number of anilines is 1. The lowest BCUT2D eigenvalue weighted by Gasteiger charge is -2.08. The van der Waals surface area contributed by atoms with Crippen LogP contribution in [0.4, 0.5) is 5.69 Å². The first kappa shape index (κ1) is 17.2. The zero-order valence-electron chi connectivity index (χ0n) is 14.4. The molecule has 1 amide bonds. The predicted molar refractivity (Wildman–Crippen MR) is 102 cm³/mol. The van der Waals surface area contributed by atoms with Gasteiger partial charge in [0.25, 0.3) is 5.91 Å². The van der Waals surface area contributed by atoms with Crippen LogP contribution >= 0.6 is 11.8 Å². The molecule has 0 saturated carbocycles. The van der Waals surface area contributed by atoms with E-state index in [4.69, 9.17) is 0 Å². The minimum absolute atomic E-state index is 0.123. The van der Waals surface area contributed by atoms with Gasteiger partial charge < -0.3 is 5.32 Å². The maximum Gasteiger partial charge on any atom is 0.255 e. The number of aryl methyl sites for hydroxylation is 1. The molecule has 0 radical (unpaired) electrons. The molecule has 5 nitrogen and oxygen atoms in total. The second-order valence-electron chi connectivity index (χ2n) is 5.97. The Morgan fingerprint density at radius 2 is 1.76 bits per heavy atom. The van der Waals surface area contributed by atoms with Crippen molar-refractivity contribution in [1.82, 2.24) is 15.2 Å². The molecular formula is C19H20N4OS. The monoisotopic (exact) mass is 352 g/mol. The molecule has 3 aromatic rings. The van der Waals surface area contributed by atoms with Crippen molar-refractivity contribution < 1.29 is 4.79 Å². The summed E-state index contributed by atoms with van der Waals surface area (Å²) in [6.07, 6.45) is 0. The van der Waals surface area contributed by atoms with Crippen molar-refractivity contribution in [3.05, 3.63) is 59.9 Å². The number of amides is 1. The summed E-state index contributed by atoms with van der Waals surface area (Å²) in [7, 11) is 0. The number of benzene rings is 2. The molecule has 0 spiro atoms. The Hall–Kier alpha value is -2.60. The van der Waals surface area contributed by atoms with Crippen molar-refractivity contribution >= 4 is 23.4 Å². The van der Waals surface area contributed by atoms with E-state index in [1.54, 1.807) is 11.8 Å². The Labute approximate surface area is 151 Å². The summed E-state index contributed by atoms with van der Waals surface area (Å²) in [5.41, 5.74) is 2.28. The SMILES string of the molecule is Cc1nc(-c2ccc(NC(=O)c3ccc(SC(C)C)cc3)cc2)n[nH]1. The van der Waals surface area contributed by atoms with E-state index >= 15 is 0 Å². The van der Waals surface area contributed by atoms with Crippen molar-refractivity contribution in [1.29, 1.82) is 0 Å². The second kappa shape index (κ2) is 7.53. The van der Waals surface area contributed by atoms with Gasteiger partial charge in [-0.15, -0.1) is 11.8 Å². The van der Waals surface area contributed by atoms with Gasteiger partial charge in [-0.3, -0.25) is 9.89 Å². The number of aromatic amines is 1. The van der Waals surface area contributed by atoms with Crippen LogP contribution in [0.25, 0.3) is 11.4 Å². The summed E-state index contributed by atoms with van der Waals surface area (Å²) in [6.45, 7) is 6.15. The zero-order chi connectivity index (χ0) is 17.8. The lowest BCUT2D eigenvalue weighted by molar-refractivity contribution is 0.102. The van der Waals surface area contributed by atoms with E-state index in [0.29, 0.717) is 16.6 Å². The Balaban J connectivity index is 1.66. The van der Waals surface area contributed by atoms with E-state index in [1.165, 1.54) is 0 Å². The first-order chi connectivity index (χ1) is 12.0. The van der Waals surface area contributed by atoms with Gasteiger partial charge in [0.1, 0.15) is 5.82 Å². The van der Waals surface area contributed by atoms with Crippen LogP contribution in [-0.2, 0) is 0 Å². The molecule has 1 aromatic heterocycles. The van der Waals surface area contributed by atoms with Crippen LogP contribution in [0.15, 0.2) is 53.4 Å². The smallest absolute Gasteiger partial charge is 0.255 e. The molecule has 0 aliphatic carbocycles. The largest absolute Gasteiger partial charge is 0.322 e. The molecular weight excluding hydrogens is 332 g/mol. The summed E-state index contributed by atoms with van der Waals surface area (Å²) < 4.78 is 0. The maximum atomic E-state index is 12.4. The number of carbonyl (C=O) groups is 1. The third-order valence-corrected chi connectivity index (χ3v) is 4.50. The van der Waals surface area contributed by atoms with E-state index in [0.717, 1.165) is 22.0 Å². The number of thioether (sulfide) groups is 1. The van der Waals surface area contributed by atoms with E-state index in [1.807, 2.05) is 55.5 Å².